The van der Waals surface area contributed by atoms with Gasteiger partial charge in [0.1, 0.15) is 18.5 Å². The molecule has 0 aliphatic rings. The van der Waals surface area contributed by atoms with Gasteiger partial charge in [0.2, 0.25) is 0 Å². The number of aromatic nitrogens is 2. The molecule has 1 atom stereocenters. The lowest BCUT2D eigenvalue weighted by Gasteiger charge is -2.14. The SMILES string of the molecule is CCNC(=NCc1nccn1CC(C)C)NCC(O)c1ccc(Cl)s1.I. The van der Waals surface area contributed by atoms with Crippen LogP contribution in [0.5, 0.6) is 0 Å². The topological polar surface area (TPSA) is 74.5 Å². The number of halogens is 2. The third kappa shape index (κ3) is 7.42. The summed E-state index contributed by atoms with van der Waals surface area (Å²) in [4.78, 5) is 9.79. The fourth-order valence-corrected chi connectivity index (χ4v) is 3.39. The summed E-state index contributed by atoms with van der Waals surface area (Å²) < 4.78 is 2.80. The standard InChI is InChI=1S/C17H26ClN5OS.HI/c1-4-19-17(21-9-13(24)14-5-6-15(18)25-14)22-10-16-20-7-8-23(16)11-12(2)3;/h5-8,12-13,24H,4,9-11H2,1-3H3,(H2,19,21,22);1H. The first-order valence-electron chi connectivity index (χ1n) is 8.45. The van der Waals surface area contributed by atoms with E-state index < -0.39 is 6.10 Å². The molecule has 2 heterocycles. The third-order valence-corrected chi connectivity index (χ3v) is 4.80. The number of hydrogen-bond acceptors (Lipinski definition) is 4. The van der Waals surface area contributed by atoms with Crippen LogP contribution in [0.3, 0.4) is 0 Å². The van der Waals surface area contributed by atoms with E-state index in [4.69, 9.17) is 11.6 Å². The normalized spacial score (nSPS) is 12.8. The molecule has 2 rings (SSSR count). The van der Waals surface area contributed by atoms with Gasteiger partial charge in [-0.2, -0.15) is 0 Å². The second-order valence-electron chi connectivity index (χ2n) is 6.12. The van der Waals surface area contributed by atoms with Crippen molar-refractivity contribution in [2.75, 3.05) is 13.1 Å². The summed E-state index contributed by atoms with van der Waals surface area (Å²) in [6, 6.07) is 3.63. The molecule has 6 nitrogen and oxygen atoms in total. The number of aliphatic hydroxyl groups excluding tert-OH is 1. The number of rotatable bonds is 8. The minimum Gasteiger partial charge on any atom is -0.386 e. The van der Waals surface area contributed by atoms with Crippen LogP contribution in [0.1, 0.15) is 37.6 Å². The molecule has 0 aliphatic heterocycles. The summed E-state index contributed by atoms with van der Waals surface area (Å²) in [6.07, 6.45) is 3.16. The van der Waals surface area contributed by atoms with Gasteiger partial charge in [-0.05, 0) is 25.0 Å². The molecule has 0 fully saturated rings. The van der Waals surface area contributed by atoms with Gasteiger partial charge in [0.05, 0.1) is 4.34 Å². The Morgan fingerprint density at radius 2 is 2.15 bits per heavy atom. The predicted octanol–water partition coefficient (Wildman–Crippen LogP) is 3.66. The first-order chi connectivity index (χ1) is 12.0. The van der Waals surface area contributed by atoms with E-state index in [9.17, 15) is 5.11 Å². The average Bonchev–Trinajstić information content (AvgIpc) is 3.18. The highest BCUT2D eigenvalue weighted by Crippen LogP contribution is 2.26. The molecule has 26 heavy (non-hydrogen) atoms. The highest BCUT2D eigenvalue weighted by atomic mass is 127. The fraction of sp³-hybridized carbons (Fsp3) is 0.529. The Balaban J connectivity index is 0.00000338. The molecule has 0 radical (unpaired) electrons. The van der Waals surface area contributed by atoms with Crippen molar-refractivity contribution in [3.8, 4) is 0 Å². The van der Waals surface area contributed by atoms with Crippen molar-refractivity contribution in [1.29, 1.82) is 0 Å². The molecule has 2 aromatic heterocycles. The van der Waals surface area contributed by atoms with Crippen LogP contribution in [0.25, 0.3) is 0 Å². The zero-order valence-electron chi connectivity index (χ0n) is 15.3. The number of hydrogen-bond donors (Lipinski definition) is 3. The summed E-state index contributed by atoms with van der Waals surface area (Å²) in [5.41, 5.74) is 0. The van der Waals surface area contributed by atoms with Crippen molar-refractivity contribution >= 4 is 52.9 Å². The second-order valence-corrected chi connectivity index (χ2v) is 7.87. The summed E-state index contributed by atoms with van der Waals surface area (Å²) in [7, 11) is 0. The average molecular weight is 512 g/mol. The molecule has 0 spiro atoms. The second kappa shape index (κ2) is 11.8. The van der Waals surface area contributed by atoms with Gasteiger partial charge in [-0.15, -0.1) is 35.3 Å². The Morgan fingerprint density at radius 3 is 2.77 bits per heavy atom. The van der Waals surface area contributed by atoms with E-state index in [2.05, 4.69) is 39.0 Å². The lowest BCUT2D eigenvalue weighted by molar-refractivity contribution is 0.184. The van der Waals surface area contributed by atoms with Crippen molar-refractivity contribution in [3.63, 3.8) is 0 Å². The molecular weight excluding hydrogens is 485 g/mol. The van der Waals surface area contributed by atoms with Crippen LogP contribution in [0.15, 0.2) is 29.5 Å². The van der Waals surface area contributed by atoms with E-state index in [1.165, 1.54) is 11.3 Å². The van der Waals surface area contributed by atoms with Crippen molar-refractivity contribution in [1.82, 2.24) is 20.2 Å². The van der Waals surface area contributed by atoms with E-state index in [-0.39, 0.29) is 24.0 Å². The number of guanidine groups is 1. The number of aliphatic imine (C=N–C) groups is 1. The fourth-order valence-electron chi connectivity index (χ4n) is 2.34. The molecule has 0 aromatic carbocycles. The Hall–Kier alpha value is -0.840. The zero-order chi connectivity index (χ0) is 18.2. The largest absolute Gasteiger partial charge is 0.386 e. The van der Waals surface area contributed by atoms with Gasteiger partial charge in [0.15, 0.2) is 5.96 Å². The van der Waals surface area contributed by atoms with Gasteiger partial charge in [0.25, 0.3) is 0 Å². The van der Waals surface area contributed by atoms with Crippen LogP contribution in [-0.2, 0) is 13.1 Å². The minimum absolute atomic E-state index is 0. The lowest BCUT2D eigenvalue weighted by atomic mass is 10.2. The third-order valence-electron chi connectivity index (χ3n) is 3.47. The monoisotopic (exact) mass is 511 g/mol. The predicted molar refractivity (Wildman–Crippen MR) is 120 cm³/mol. The van der Waals surface area contributed by atoms with Crippen LogP contribution in [-0.4, -0.2) is 33.7 Å². The van der Waals surface area contributed by atoms with Gasteiger partial charge in [0, 0.05) is 36.9 Å². The molecular formula is C17H27ClIN5OS. The maximum Gasteiger partial charge on any atom is 0.191 e. The molecule has 0 aliphatic carbocycles. The van der Waals surface area contributed by atoms with Crippen molar-refractivity contribution < 1.29 is 5.11 Å². The summed E-state index contributed by atoms with van der Waals surface area (Å²) >= 11 is 7.30. The number of thiophene rings is 1. The molecule has 1 unspecified atom stereocenters. The smallest absolute Gasteiger partial charge is 0.191 e. The number of aliphatic hydroxyl groups is 1. The first kappa shape index (κ1) is 23.2. The van der Waals surface area contributed by atoms with Crippen molar-refractivity contribution in [2.45, 2.75) is 40.0 Å². The minimum atomic E-state index is -0.621. The number of imidazole rings is 1. The summed E-state index contributed by atoms with van der Waals surface area (Å²) in [5.74, 6) is 2.14. The van der Waals surface area contributed by atoms with Crippen LogP contribution in [0.4, 0.5) is 0 Å². The van der Waals surface area contributed by atoms with E-state index in [0.717, 1.165) is 23.8 Å². The molecule has 0 saturated heterocycles. The zero-order valence-corrected chi connectivity index (χ0v) is 19.2. The van der Waals surface area contributed by atoms with Crippen LogP contribution < -0.4 is 10.6 Å². The summed E-state index contributed by atoms with van der Waals surface area (Å²) in [6.45, 7) is 8.87. The number of nitrogens with one attached hydrogen (secondary N) is 2. The number of nitrogens with zero attached hydrogens (tertiary/aromatic N) is 3. The molecule has 146 valence electrons. The van der Waals surface area contributed by atoms with Gasteiger partial charge in [-0.25, -0.2) is 9.98 Å². The van der Waals surface area contributed by atoms with E-state index in [0.29, 0.717) is 29.3 Å². The maximum atomic E-state index is 10.2. The van der Waals surface area contributed by atoms with Crippen LogP contribution in [0, 0.1) is 5.92 Å². The molecule has 9 heteroatoms. The van der Waals surface area contributed by atoms with Gasteiger partial charge < -0.3 is 20.3 Å². The molecule has 3 N–H and O–H groups in total. The lowest BCUT2D eigenvalue weighted by Crippen LogP contribution is -2.39. The molecule has 0 amide bonds. The maximum absolute atomic E-state index is 10.2. The van der Waals surface area contributed by atoms with E-state index in [1.807, 2.05) is 19.2 Å². The Bertz CT molecular complexity index is 688. The van der Waals surface area contributed by atoms with Crippen LogP contribution in [0.2, 0.25) is 4.34 Å². The highest BCUT2D eigenvalue weighted by molar-refractivity contribution is 14.0. The molecule has 0 bridgehead atoms. The van der Waals surface area contributed by atoms with Crippen LogP contribution >= 0.6 is 46.9 Å². The van der Waals surface area contributed by atoms with Crippen molar-refractivity contribution in [2.24, 2.45) is 10.9 Å². The summed E-state index contributed by atoms with van der Waals surface area (Å²) in [5, 5.41) is 16.6. The molecule has 0 saturated carbocycles. The Morgan fingerprint density at radius 1 is 1.38 bits per heavy atom. The highest BCUT2D eigenvalue weighted by Gasteiger charge is 2.11. The van der Waals surface area contributed by atoms with Gasteiger partial charge in [-0.1, -0.05) is 25.4 Å². The van der Waals surface area contributed by atoms with Gasteiger partial charge in [-0.3, -0.25) is 0 Å². The first-order valence-corrected chi connectivity index (χ1v) is 9.64. The van der Waals surface area contributed by atoms with Crippen molar-refractivity contribution in [3.05, 3.63) is 39.6 Å². The molecule has 2 aromatic rings. The van der Waals surface area contributed by atoms with Gasteiger partial charge >= 0.3 is 0 Å². The van der Waals surface area contributed by atoms with E-state index >= 15 is 0 Å². The van der Waals surface area contributed by atoms with E-state index in [1.54, 1.807) is 12.3 Å². The Labute approximate surface area is 181 Å². The Kier molecular flexibility index (Phi) is 10.5. The quantitative estimate of drug-likeness (QED) is 0.287.